The van der Waals surface area contributed by atoms with Crippen LogP contribution < -0.4 is 5.73 Å². The minimum atomic E-state index is -0.959. The molecule has 14 heavy (non-hydrogen) atoms. The summed E-state index contributed by atoms with van der Waals surface area (Å²) in [5.74, 6) is -1.29. The molecule has 0 heterocycles. The smallest absolute Gasteiger partial charge is 0.134 e. The van der Waals surface area contributed by atoms with E-state index < -0.39 is 17.7 Å². The summed E-state index contributed by atoms with van der Waals surface area (Å²) in [6.45, 7) is 1.60. The Balaban J connectivity index is 3.04. The molecule has 0 aliphatic rings. The molecule has 1 unspecified atom stereocenters. The van der Waals surface area contributed by atoms with Gasteiger partial charge in [-0.25, -0.2) is 8.78 Å². The van der Waals surface area contributed by atoms with Crippen LogP contribution in [0.3, 0.4) is 0 Å². The summed E-state index contributed by atoms with van der Waals surface area (Å²) in [7, 11) is 0. The third-order valence-electron chi connectivity index (χ3n) is 2.15. The second-order valence-electron chi connectivity index (χ2n) is 3.17. The van der Waals surface area contributed by atoms with Crippen LogP contribution in [0.4, 0.5) is 8.78 Å². The lowest BCUT2D eigenvalue weighted by atomic mass is 10.0. The molecule has 4 heteroatoms. The molecule has 3 N–H and O–H groups in total. The van der Waals surface area contributed by atoms with E-state index in [0.717, 1.165) is 6.07 Å². The van der Waals surface area contributed by atoms with Crippen molar-refractivity contribution in [3.8, 4) is 0 Å². The zero-order chi connectivity index (χ0) is 10.7. The average molecular weight is 201 g/mol. The van der Waals surface area contributed by atoms with Crippen LogP contribution >= 0.6 is 0 Å². The summed E-state index contributed by atoms with van der Waals surface area (Å²) < 4.78 is 26.3. The van der Waals surface area contributed by atoms with E-state index >= 15 is 0 Å². The molecule has 0 spiro atoms. The third-order valence-corrected chi connectivity index (χ3v) is 2.15. The second-order valence-corrected chi connectivity index (χ2v) is 3.17. The Bertz CT molecular complexity index is 328. The van der Waals surface area contributed by atoms with E-state index in [2.05, 4.69) is 0 Å². The van der Waals surface area contributed by atoms with Crippen LogP contribution in [-0.4, -0.2) is 11.7 Å². The first-order valence-corrected chi connectivity index (χ1v) is 4.40. The molecule has 0 aliphatic carbocycles. The Morgan fingerprint density at radius 2 is 2.07 bits per heavy atom. The third kappa shape index (κ3) is 2.08. The van der Waals surface area contributed by atoms with Crippen LogP contribution in [0, 0.1) is 18.6 Å². The molecule has 78 valence electrons. The summed E-state index contributed by atoms with van der Waals surface area (Å²) in [4.78, 5) is 0. The zero-order valence-electron chi connectivity index (χ0n) is 7.93. The van der Waals surface area contributed by atoms with Gasteiger partial charge in [0, 0.05) is 11.1 Å². The number of hydrogen-bond donors (Lipinski definition) is 2. The fraction of sp³-hybridized carbons (Fsp3) is 0.400. The Morgan fingerprint density at radius 1 is 1.43 bits per heavy atom. The van der Waals surface area contributed by atoms with Gasteiger partial charge in [0.2, 0.25) is 0 Å². The van der Waals surface area contributed by atoms with E-state index in [1.165, 1.54) is 13.0 Å². The molecule has 0 fully saturated rings. The number of aliphatic hydroxyl groups is 1. The van der Waals surface area contributed by atoms with Crippen LogP contribution in [0.5, 0.6) is 0 Å². The molecule has 0 aliphatic heterocycles. The molecule has 1 aromatic carbocycles. The lowest BCUT2D eigenvalue weighted by Crippen LogP contribution is -2.09. The van der Waals surface area contributed by atoms with Crippen molar-refractivity contribution < 1.29 is 13.9 Å². The summed E-state index contributed by atoms with van der Waals surface area (Å²) in [5.41, 5.74) is 5.26. The van der Waals surface area contributed by atoms with E-state index in [9.17, 15) is 13.9 Å². The van der Waals surface area contributed by atoms with Crippen molar-refractivity contribution >= 4 is 0 Å². The number of aliphatic hydroxyl groups excluding tert-OH is 1. The normalized spacial score (nSPS) is 12.9. The minimum Gasteiger partial charge on any atom is -0.388 e. The fourth-order valence-corrected chi connectivity index (χ4v) is 1.25. The first kappa shape index (κ1) is 11.1. The van der Waals surface area contributed by atoms with Crippen molar-refractivity contribution in [2.45, 2.75) is 19.4 Å². The monoisotopic (exact) mass is 201 g/mol. The molecule has 1 rings (SSSR count). The van der Waals surface area contributed by atoms with E-state index in [4.69, 9.17) is 5.73 Å². The fourth-order valence-electron chi connectivity index (χ4n) is 1.25. The molecule has 1 aromatic rings. The Labute approximate surface area is 81.4 Å². The van der Waals surface area contributed by atoms with Crippen molar-refractivity contribution in [1.29, 1.82) is 0 Å². The predicted molar refractivity (Wildman–Crippen MR) is 49.7 cm³/mol. The van der Waals surface area contributed by atoms with Gasteiger partial charge in [0.15, 0.2) is 0 Å². The number of nitrogens with two attached hydrogens (primary N) is 1. The molecule has 0 radical (unpaired) electrons. The van der Waals surface area contributed by atoms with Crippen molar-refractivity contribution in [2.24, 2.45) is 5.73 Å². The number of benzene rings is 1. The van der Waals surface area contributed by atoms with Crippen LogP contribution in [0.15, 0.2) is 12.1 Å². The molecular formula is C10H13F2NO. The highest BCUT2D eigenvalue weighted by molar-refractivity contribution is 5.28. The number of rotatable bonds is 3. The van der Waals surface area contributed by atoms with E-state index in [1.54, 1.807) is 0 Å². The molecule has 2 nitrogen and oxygen atoms in total. The van der Waals surface area contributed by atoms with Crippen LogP contribution in [0.1, 0.15) is 23.7 Å². The SMILES string of the molecule is Cc1c(F)ccc(C(O)CCN)c1F. The van der Waals surface area contributed by atoms with Gasteiger partial charge >= 0.3 is 0 Å². The van der Waals surface area contributed by atoms with E-state index in [-0.39, 0.29) is 24.1 Å². The van der Waals surface area contributed by atoms with Gasteiger partial charge in [0.1, 0.15) is 11.6 Å². The number of hydrogen-bond acceptors (Lipinski definition) is 2. The summed E-state index contributed by atoms with van der Waals surface area (Å²) >= 11 is 0. The van der Waals surface area contributed by atoms with Gasteiger partial charge in [0.25, 0.3) is 0 Å². The van der Waals surface area contributed by atoms with Crippen molar-refractivity contribution in [3.63, 3.8) is 0 Å². The van der Waals surface area contributed by atoms with Gasteiger partial charge in [-0.3, -0.25) is 0 Å². The quantitative estimate of drug-likeness (QED) is 0.781. The minimum absolute atomic E-state index is 0.0708. The molecular weight excluding hydrogens is 188 g/mol. The zero-order valence-corrected chi connectivity index (χ0v) is 7.93. The second kappa shape index (κ2) is 4.48. The van der Waals surface area contributed by atoms with Gasteiger partial charge in [0.05, 0.1) is 6.10 Å². The maximum absolute atomic E-state index is 13.4. The first-order valence-electron chi connectivity index (χ1n) is 4.40. The van der Waals surface area contributed by atoms with Crippen LogP contribution in [0.2, 0.25) is 0 Å². The summed E-state index contributed by atoms with van der Waals surface area (Å²) in [6.07, 6.45) is -0.693. The lowest BCUT2D eigenvalue weighted by Gasteiger charge is -2.12. The molecule has 1 atom stereocenters. The van der Waals surface area contributed by atoms with Gasteiger partial charge in [-0.1, -0.05) is 6.07 Å². The molecule has 0 aromatic heterocycles. The van der Waals surface area contributed by atoms with Gasteiger partial charge in [-0.2, -0.15) is 0 Å². The number of halogens is 2. The van der Waals surface area contributed by atoms with Crippen LogP contribution in [0.25, 0.3) is 0 Å². The topological polar surface area (TPSA) is 46.2 Å². The largest absolute Gasteiger partial charge is 0.388 e. The van der Waals surface area contributed by atoms with E-state index in [0.29, 0.717) is 0 Å². The van der Waals surface area contributed by atoms with Gasteiger partial charge in [-0.15, -0.1) is 0 Å². The maximum atomic E-state index is 13.4. The lowest BCUT2D eigenvalue weighted by molar-refractivity contribution is 0.165. The highest BCUT2D eigenvalue weighted by atomic mass is 19.1. The average Bonchev–Trinajstić information content (AvgIpc) is 2.15. The van der Waals surface area contributed by atoms with Crippen molar-refractivity contribution in [2.75, 3.05) is 6.54 Å². The molecule has 0 saturated heterocycles. The molecule has 0 amide bonds. The van der Waals surface area contributed by atoms with Crippen LogP contribution in [-0.2, 0) is 0 Å². The highest BCUT2D eigenvalue weighted by Gasteiger charge is 2.15. The summed E-state index contributed by atoms with van der Waals surface area (Å²) in [5, 5.41) is 9.47. The molecule has 0 bridgehead atoms. The van der Waals surface area contributed by atoms with Crippen molar-refractivity contribution in [3.05, 3.63) is 34.9 Å². The maximum Gasteiger partial charge on any atom is 0.134 e. The molecule has 0 saturated carbocycles. The first-order chi connectivity index (χ1) is 6.57. The Hall–Kier alpha value is -1.00. The summed E-state index contributed by atoms with van der Waals surface area (Å²) in [6, 6.07) is 2.39. The van der Waals surface area contributed by atoms with E-state index in [1.807, 2.05) is 0 Å². The van der Waals surface area contributed by atoms with Crippen molar-refractivity contribution in [1.82, 2.24) is 0 Å². The Morgan fingerprint density at radius 3 is 2.64 bits per heavy atom. The highest BCUT2D eigenvalue weighted by Crippen LogP contribution is 2.23. The van der Waals surface area contributed by atoms with Gasteiger partial charge < -0.3 is 10.8 Å². The predicted octanol–water partition coefficient (Wildman–Crippen LogP) is 1.66. The standard InChI is InChI=1S/C10H13F2NO/c1-6-8(11)3-2-7(10(6)12)9(14)4-5-13/h2-3,9,14H,4-5,13H2,1H3. The van der Waals surface area contributed by atoms with Gasteiger partial charge in [-0.05, 0) is 26.0 Å². The Kier molecular flexibility index (Phi) is 3.55.